The molecule has 1 heterocycles. The van der Waals surface area contributed by atoms with E-state index in [4.69, 9.17) is 0 Å². The third kappa shape index (κ3) is 3.16. The van der Waals surface area contributed by atoms with Crippen LogP contribution in [-0.2, 0) is 16.8 Å². The van der Waals surface area contributed by atoms with Crippen LogP contribution in [0.5, 0.6) is 0 Å². The van der Waals surface area contributed by atoms with Gasteiger partial charge in [0.2, 0.25) is 5.91 Å². The molecule has 1 aromatic heterocycles. The van der Waals surface area contributed by atoms with E-state index in [1.54, 1.807) is 24.5 Å². The summed E-state index contributed by atoms with van der Waals surface area (Å²) in [5.41, 5.74) is 0.825. The Labute approximate surface area is 128 Å². The van der Waals surface area contributed by atoms with Gasteiger partial charge in [0, 0.05) is 18.2 Å². The molecule has 0 aliphatic heterocycles. The Hall–Kier alpha value is -2.24. The molecule has 1 aromatic carbocycles. The number of carbonyl (C=O) groups excluding carboxylic acids is 1. The topological polar surface area (TPSA) is 59.8 Å². The summed E-state index contributed by atoms with van der Waals surface area (Å²) in [5, 5.41) is 10.4. The number of hydrogen-bond donors (Lipinski definition) is 1. The molecule has 6 heteroatoms. The minimum Gasteiger partial charge on any atom is -0.354 e. The van der Waals surface area contributed by atoms with Crippen molar-refractivity contribution in [1.82, 2.24) is 20.3 Å². The standard InChI is InChI=1S/C16H19FN4O/c17-14-5-3-4-13(10-14)16(6-1-2-7-16)12-18-15(22)11-21-9-8-19-20-21/h3-5,8-10H,1-2,6-7,11-12H2,(H,18,22). The molecule has 5 nitrogen and oxygen atoms in total. The predicted octanol–water partition coefficient (Wildman–Crippen LogP) is 2.05. The molecule has 22 heavy (non-hydrogen) atoms. The fourth-order valence-corrected chi connectivity index (χ4v) is 3.23. The number of aromatic nitrogens is 3. The number of benzene rings is 1. The van der Waals surface area contributed by atoms with Crippen molar-refractivity contribution < 1.29 is 9.18 Å². The minimum absolute atomic E-state index is 0.104. The van der Waals surface area contributed by atoms with Crippen LogP contribution in [0.15, 0.2) is 36.7 Å². The third-order valence-electron chi connectivity index (χ3n) is 4.40. The van der Waals surface area contributed by atoms with Crippen LogP contribution >= 0.6 is 0 Å². The molecule has 1 saturated carbocycles. The summed E-state index contributed by atoms with van der Waals surface area (Å²) in [6, 6.07) is 6.74. The maximum Gasteiger partial charge on any atom is 0.241 e. The number of nitrogens with one attached hydrogen (secondary N) is 1. The van der Waals surface area contributed by atoms with Crippen molar-refractivity contribution >= 4 is 5.91 Å². The molecule has 2 aromatic rings. The van der Waals surface area contributed by atoms with E-state index in [1.165, 1.54) is 10.7 Å². The molecular formula is C16H19FN4O. The smallest absolute Gasteiger partial charge is 0.241 e. The van der Waals surface area contributed by atoms with Crippen LogP contribution < -0.4 is 5.32 Å². The second-order valence-electron chi connectivity index (χ2n) is 5.88. The molecule has 0 unspecified atom stereocenters. The van der Waals surface area contributed by atoms with Gasteiger partial charge in [-0.2, -0.15) is 0 Å². The van der Waals surface area contributed by atoms with Crippen molar-refractivity contribution in [2.75, 3.05) is 6.54 Å². The first kappa shape index (κ1) is 14.7. The summed E-state index contributed by atoms with van der Waals surface area (Å²) >= 11 is 0. The van der Waals surface area contributed by atoms with Gasteiger partial charge in [0.25, 0.3) is 0 Å². The Balaban J connectivity index is 1.68. The molecule has 0 saturated heterocycles. The zero-order valence-corrected chi connectivity index (χ0v) is 12.3. The highest BCUT2D eigenvalue weighted by Crippen LogP contribution is 2.40. The lowest BCUT2D eigenvalue weighted by molar-refractivity contribution is -0.122. The first-order chi connectivity index (χ1) is 10.7. The van der Waals surface area contributed by atoms with Crippen molar-refractivity contribution in [1.29, 1.82) is 0 Å². The molecule has 0 spiro atoms. The van der Waals surface area contributed by atoms with E-state index < -0.39 is 0 Å². The van der Waals surface area contributed by atoms with Gasteiger partial charge >= 0.3 is 0 Å². The molecule has 1 fully saturated rings. The second-order valence-corrected chi connectivity index (χ2v) is 5.88. The van der Waals surface area contributed by atoms with E-state index in [2.05, 4.69) is 15.6 Å². The SMILES string of the molecule is O=C(Cn1ccnn1)NCC1(c2cccc(F)c2)CCCC1. The van der Waals surface area contributed by atoms with E-state index in [-0.39, 0.29) is 23.7 Å². The average Bonchev–Trinajstić information content (AvgIpc) is 3.17. The first-order valence-corrected chi connectivity index (χ1v) is 7.55. The van der Waals surface area contributed by atoms with Crippen LogP contribution in [0, 0.1) is 5.82 Å². The van der Waals surface area contributed by atoms with Gasteiger partial charge in [0.05, 0.1) is 6.20 Å². The number of amides is 1. The molecular weight excluding hydrogens is 283 g/mol. The van der Waals surface area contributed by atoms with E-state index in [1.807, 2.05) is 6.07 Å². The van der Waals surface area contributed by atoms with Crippen molar-refractivity contribution in [2.24, 2.45) is 0 Å². The lowest BCUT2D eigenvalue weighted by Gasteiger charge is -2.30. The van der Waals surface area contributed by atoms with Crippen LogP contribution in [0.4, 0.5) is 4.39 Å². The van der Waals surface area contributed by atoms with Crippen molar-refractivity contribution in [2.45, 2.75) is 37.6 Å². The largest absolute Gasteiger partial charge is 0.354 e. The Kier molecular flexibility index (Phi) is 4.18. The van der Waals surface area contributed by atoms with E-state index in [0.717, 1.165) is 31.2 Å². The van der Waals surface area contributed by atoms with Crippen molar-refractivity contribution in [3.63, 3.8) is 0 Å². The van der Waals surface area contributed by atoms with Crippen molar-refractivity contribution in [3.05, 3.63) is 48.0 Å². The predicted molar refractivity (Wildman–Crippen MR) is 79.6 cm³/mol. The van der Waals surface area contributed by atoms with Gasteiger partial charge in [0.1, 0.15) is 12.4 Å². The molecule has 1 N–H and O–H groups in total. The zero-order valence-electron chi connectivity index (χ0n) is 12.3. The summed E-state index contributed by atoms with van der Waals surface area (Å²) in [7, 11) is 0. The summed E-state index contributed by atoms with van der Waals surface area (Å²) in [4.78, 5) is 12.0. The van der Waals surface area contributed by atoms with E-state index in [9.17, 15) is 9.18 Å². The number of nitrogens with zero attached hydrogens (tertiary/aromatic N) is 3. The summed E-state index contributed by atoms with van der Waals surface area (Å²) < 4.78 is 15.0. The average molecular weight is 302 g/mol. The maximum atomic E-state index is 13.5. The number of halogens is 1. The molecule has 1 amide bonds. The number of carbonyl (C=O) groups is 1. The van der Waals surface area contributed by atoms with Gasteiger partial charge < -0.3 is 5.32 Å². The molecule has 3 rings (SSSR count). The second kappa shape index (κ2) is 6.25. The van der Waals surface area contributed by atoms with E-state index >= 15 is 0 Å². The Morgan fingerprint density at radius 3 is 2.86 bits per heavy atom. The van der Waals surface area contributed by atoms with Gasteiger partial charge in [-0.05, 0) is 30.5 Å². The van der Waals surface area contributed by atoms with Gasteiger partial charge in [-0.25, -0.2) is 9.07 Å². The van der Waals surface area contributed by atoms with Crippen LogP contribution in [0.25, 0.3) is 0 Å². The Morgan fingerprint density at radius 2 is 2.18 bits per heavy atom. The van der Waals surface area contributed by atoms with Crippen LogP contribution in [0.3, 0.4) is 0 Å². The number of rotatable bonds is 5. The fraction of sp³-hybridized carbons (Fsp3) is 0.438. The van der Waals surface area contributed by atoms with Gasteiger partial charge in [-0.15, -0.1) is 5.10 Å². The summed E-state index contributed by atoms with van der Waals surface area (Å²) in [6.07, 6.45) is 7.35. The van der Waals surface area contributed by atoms with Crippen molar-refractivity contribution in [3.8, 4) is 0 Å². The summed E-state index contributed by atoms with van der Waals surface area (Å²) in [5.74, 6) is -0.328. The molecule has 1 aliphatic rings. The number of hydrogen-bond acceptors (Lipinski definition) is 3. The quantitative estimate of drug-likeness (QED) is 0.919. The third-order valence-corrected chi connectivity index (χ3v) is 4.40. The van der Waals surface area contributed by atoms with Crippen LogP contribution in [0.1, 0.15) is 31.2 Å². The lowest BCUT2D eigenvalue weighted by Crippen LogP contribution is -2.40. The molecule has 1 aliphatic carbocycles. The molecule has 116 valence electrons. The van der Waals surface area contributed by atoms with Crippen LogP contribution in [0.2, 0.25) is 0 Å². The highest BCUT2D eigenvalue weighted by Gasteiger charge is 2.36. The monoisotopic (exact) mass is 302 g/mol. The fourth-order valence-electron chi connectivity index (χ4n) is 3.23. The van der Waals surface area contributed by atoms with E-state index in [0.29, 0.717) is 6.54 Å². The highest BCUT2D eigenvalue weighted by molar-refractivity contribution is 5.75. The minimum atomic E-state index is -0.224. The zero-order chi connectivity index (χ0) is 15.4. The Morgan fingerprint density at radius 1 is 1.36 bits per heavy atom. The highest BCUT2D eigenvalue weighted by atomic mass is 19.1. The summed E-state index contributed by atoms with van der Waals surface area (Å²) in [6.45, 7) is 0.684. The van der Waals surface area contributed by atoms with Crippen LogP contribution in [-0.4, -0.2) is 27.4 Å². The lowest BCUT2D eigenvalue weighted by atomic mass is 9.78. The van der Waals surface area contributed by atoms with Gasteiger partial charge in [0.15, 0.2) is 0 Å². The Bertz CT molecular complexity index is 635. The molecule has 0 bridgehead atoms. The molecule has 0 radical (unpaired) electrons. The first-order valence-electron chi connectivity index (χ1n) is 7.55. The van der Waals surface area contributed by atoms with Gasteiger partial charge in [-0.3, -0.25) is 4.79 Å². The normalized spacial score (nSPS) is 16.6. The van der Waals surface area contributed by atoms with Gasteiger partial charge in [-0.1, -0.05) is 30.2 Å². The molecule has 0 atom stereocenters. The maximum absolute atomic E-state index is 13.5.